The van der Waals surface area contributed by atoms with Crippen LogP contribution >= 0.6 is 11.5 Å². The molecule has 5 N–H and O–H groups in total. The number of nitrogens with one attached hydrogen (secondary N) is 1. The molecule has 0 bridgehead atoms. The average molecular weight is 498 g/mol. The molecule has 0 aliphatic rings. The lowest BCUT2D eigenvalue weighted by Gasteiger charge is -2.31. The Morgan fingerprint density at radius 3 is 2.40 bits per heavy atom. The number of carbonyl (C=O) groups is 3. The van der Waals surface area contributed by atoms with Crippen LogP contribution in [0, 0.1) is 18.7 Å². The summed E-state index contributed by atoms with van der Waals surface area (Å²) < 4.78 is 17.7. The predicted octanol–water partition coefficient (Wildman–Crippen LogP) is 3.82. The minimum atomic E-state index is -1.14. The van der Waals surface area contributed by atoms with Crippen molar-refractivity contribution in [3.05, 3.63) is 76.0 Å². The molecule has 2 aromatic carbocycles. The van der Waals surface area contributed by atoms with E-state index in [2.05, 4.69) is 9.69 Å². The fourth-order valence-electron chi connectivity index (χ4n) is 3.54. The molecule has 3 aromatic rings. The van der Waals surface area contributed by atoms with E-state index in [0.29, 0.717) is 23.7 Å². The number of primary amides is 1. The Balaban J connectivity index is 2.16. The number of nitrogens with two attached hydrogens (primary N) is 2. The molecule has 0 saturated carbocycles. The van der Waals surface area contributed by atoms with E-state index in [0.717, 1.165) is 23.5 Å². The van der Waals surface area contributed by atoms with E-state index in [4.69, 9.17) is 11.5 Å². The van der Waals surface area contributed by atoms with Gasteiger partial charge in [-0.15, -0.1) is 0 Å². The Hall–Kier alpha value is -3.79. The first kappa shape index (κ1) is 25.8. The van der Waals surface area contributed by atoms with Gasteiger partial charge >= 0.3 is 0 Å². The molecule has 10 heteroatoms. The summed E-state index contributed by atoms with van der Waals surface area (Å²) >= 11 is 0.730. The molecule has 0 spiro atoms. The van der Waals surface area contributed by atoms with E-state index in [-0.39, 0.29) is 16.3 Å². The predicted molar refractivity (Wildman–Crippen MR) is 135 cm³/mol. The summed E-state index contributed by atoms with van der Waals surface area (Å²) in [5, 5.41) is 2.89. The number of hydrogen-bond acceptors (Lipinski definition) is 6. The Labute approximate surface area is 207 Å². The van der Waals surface area contributed by atoms with Crippen LogP contribution in [0.5, 0.6) is 0 Å². The Bertz CT molecular complexity index is 1230. The van der Waals surface area contributed by atoms with Gasteiger partial charge < -0.3 is 16.8 Å². The van der Waals surface area contributed by atoms with E-state index in [1.165, 1.54) is 29.2 Å². The smallest absolute Gasteiger partial charge is 0.273 e. The summed E-state index contributed by atoms with van der Waals surface area (Å²) in [6, 6.07) is 11.3. The topological polar surface area (TPSA) is 131 Å². The van der Waals surface area contributed by atoms with E-state index in [9.17, 15) is 18.8 Å². The van der Waals surface area contributed by atoms with Crippen molar-refractivity contribution in [3.63, 3.8) is 0 Å². The first-order valence-electron chi connectivity index (χ1n) is 11.1. The summed E-state index contributed by atoms with van der Waals surface area (Å²) in [5.41, 5.74) is 12.7. The van der Waals surface area contributed by atoms with Gasteiger partial charge in [-0.3, -0.25) is 19.3 Å². The van der Waals surface area contributed by atoms with Crippen LogP contribution in [0.3, 0.4) is 0 Å². The third-order valence-electron chi connectivity index (χ3n) is 5.37. The molecule has 1 unspecified atom stereocenters. The second kappa shape index (κ2) is 11.1. The summed E-state index contributed by atoms with van der Waals surface area (Å²) in [6.45, 7) is 6.33. The number of nitrogens with zero attached hydrogens (tertiary/aromatic N) is 2. The molecule has 3 amide bonds. The summed E-state index contributed by atoms with van der Waals surface area (Å²) in [6.07, 6.45) is 0.740. The fraction of sp³-hybridized carbons (Fsp3) is 0.280. The van der Waals surface area contributed by atoms with E-state index >= 15 is 0 Å². The molecule has 3 rings (SSSR count). The molecule has 184 valence electrons. The molecule has 0 fully saturated rings. The molecule has 0 aliphatic heterocycles. The van der Waals surface area contributed by atoms with Crippen LogP contribution in [0.4, 0.5) is 15.8 Å². The molecule has 8 nitrogen and oxygen atoms in total. The zero-order chi connectivity index (χ0) is 25.7. The zero-order valence-electron chi connectivity index (χ0n) is 19.7. The highest BCUT2D eigenvalue weighted by molar-refractivity contribution is 7.09. The minimum Gasteiger partial charge on any atom is -0.395 e. The number of benzene rings is 2. The van der Waals surface area contributed by atoms with Gasteiger partial charge in [0.15, 0.2) is 5.69 Å². The van der Waals surface area contributed by atoms with Gasteiger partial charge in [0.2, 0.25) is 5.91 Å². The lowest BCUT2D eigenvalue weighted by Crippen LogP contribution is -2.44. The van der Waals surface area contributed by atoms with Crippen molar-refractivity contribution in [1.82, 2.24) is 9.69 Å². The highest BCUT2D eigenvalue weighted by Crippen LogP contribution is 2.33. The average Bonchev–Trinajstić information content (AvgIpc) is 3.19. The molecule has 1 atom stereocenters. The third kappa shape index (κ3) is 6.02. The van der Waals surface area contributed by atoms with Crippen LogP contribution in [0.2, 0.25) is 0 Å². The van der Waals surface area contributed by atoms with Crippen LogP contribution in [0.1, 0.15) is 57.6 Å². The number of aryl methyl sites for hydroxylation is 1. The van der Waals surface area contributed by atoms with Crippen molar-refractivity contribution >= 4 is 40.6 Å². The van der Waals surface area contributed by atoms with E-state index in [1.807, 2.05) is 26.8 Å². The molecule has 0 aliphatic carbocycles. The zero-order valence-corrected chi connectivity index (χ0v) is 20.6. The molecule has 1 aromatic heterocycles. The number of aromatic nitrogens is 1. The van der Waals surface area contributed by atoms with Crippen molar-refractivity contribution in [2.45, 2.75) is 33.2 Å². The third-order valence-corrected chi connectivity index (χ3v) is 6.22. The Morgan fingerprint density at radius 2 is 1.83 bits per heavy atom. The molecular formula is C25H28FN5O3S. The SMILES string of the molecule is Cc1cccc(N(C(=O)c2snc(C(N)=O)c2N)C(C(=O)NCCC(C)C)c2ccc(F)cc2)c1. The molecule has 0 saturated heterocycles. The maximum atomic E-state index is 13.9. The summed E-state index contributed by atoms with van der Waals surface area (Å²) in [7, 11) is 0. The number of rotatable bonds is 9. The number of nitrogen functional groups attached to an aromatic ring is 1. The van der Waals surface area contributed by atoms with Crippen LogP contribution in [0.15, 0.2) is 48.5 Å². The largest absolute Gasteiger partial charge is 0.395 e. The maximum absolute atomic E-state index is 13.9. The van der Waals surface area contributed by atoms with Gasteiger partial charge in [-0.2, -0.15) is 4.37 Å². The monoisotopic (exact) mass is 497 g/mol. The Morgan fingerprint density at radius 1 is 1.14 bits per heavy atom. The highest BCUT2D eigenvalue weighted by Gasteiger charge is 2.36. The van der Waals surface area contributed by atoms with Gasteiger partial charge in [0.25, 0.3) is 11.8 Å². The van der Waals surface area contributed by atoms with Crippen molar-refractivity contribution in [3.8, 4) is 0 Å². The van der Waals surface area contributed by atoms with Gasteiger partial charge in [-0.25, -0.2) is 4.39 Å². The van der Waals surface area contributed by atoms with Gasteiger partial charge in [-0.05, 0) is 66.2 Å². The second-order valence-electron chi connectivity index (χ2n) is 8.58. The van der Waals surface area contributed by atoms with Crippen molar-refractivity contribution in [2.24, 2.45) is 11.7 Å². The fourth-order valence-corrected chi connectivity index (χ4v) is 4.29. The number of anilines is 2. The van der Waals surface area contributed by atoms with Crippen LogP contribution in [0.25, 0.3) is 0 Å². The first-order chi connectivity index (χ1) is 16.6. The molecular weight excluding hydrogens is 469 g/mol. The maximum Gasteiger partial charge on any atom is 0.273 e. The second-order valence-corrected chi connectivity index (χ2v) is 9.35. The van der Waals surface area contributed by atoms with Crippen molar-refractivity contribution in [2.75, 3.05) is 17.2 Å². The number of carbonyl (C=O) groups excluding carboxylic acids is 3. The molecule has 0 radical (unpaired) electrons. The molecule has 1 heterocycles. The number of hydrogen-bond donors (Lipinski definition) is 3. The van der Waals surface area contributed by atoms with Crippen molar-refractivity contribution in [1.29, 1.82) is 0 Å². The van der Waals surface area contributed by atoms with Gasteiger partial charge in [-0.1, -0.05) is 38.1 Å². The van der Waals surface area contributed by atoms with Gasteiger partial charge in [0.1, 0.15) is 16.7 Å². The van der Waals surface area contributed by atoms with Gasteiger partial charge in [0, 0.05) is 12.2 Å². The first-order valence-corrected chi connectivity index (χ1v) is 11.9. The Kier molecular flexibility index (Phi) is 8.18. The normalized spacial score (nSPS) is 11.8. The quantitative estimate of drug-likeness (QED) is 0.414. The van der Waals surface area contributed by atoms with E-state index in [1.54, 1.807) is 18.2 Å². The number of amides is 3. The summed E-state index contributed by atoms with van der Waals surface area (Å²) in [4.78, 5) is 40.4. The lowest BCUT2D eigenvalue weighted by molar-refractivity contribution is -0.122. The van der Waals surface area contributed by atoms with E-state index < -0.39 is 29.6 Å². The molecule has 35 heavy (non-hydrogen) atoms. The van der Waals surface area contributed by atoms with Crippen LogP contribution < -0.4 is 21.7 Å². The highest BCUT2D eigenvalue weighted by atomic mass is 32.1. The minimum absolute atomic E-state index is 0.0256. The standard InChI is InChI=1S/C25H28FN5O3S/c1-14(2)11-12-29-24(33)21(16-7-9-17(26)10-8-16)31(18-6-4-5-15(3)13-18)25(34)22-19(27)20(23(28)32)30-35-22/h4-10,13-14,21H,11-12,27H2,1-3H3,(H2,28,32)(H,29,33). The number of halogens is 1. The van der Waals surface area contributed by atoms with Gasteiger partial charge in [0.05, 0.1) is 5.69 Å². The summed E-state index contributed by atoms with van der Waals surface area (Å²) in [5.74, 6) is -2.05. The van der Waals surface area contributed by atoms with Crippen molar-refractivity contribution < 1.29 is 18.8 Å². The van der Waals surface area contributed by atoms with Crippen LogP contribution in [-0.2, 0) is 4.79 Å². The van der Waals surface area contributed by atoms with Crippen LogP contribution in [-0.4, -0.2) is 28.6 Å². The lowest BCUT2D eigenvalue weighted by atomic mass is 10.0.